The van der Waals surface area contributed by atoms with Gasteiger partial charge in [-0.25, -0.2) is 0 Å². The van der Waals surface area contributed by atoms with Gasteiger partial charge in [-0.05, 0) is 52.8 Å². The maximum Gasteiger partial charge on any atom is 0.309 e. The molecule has 0 amide bonds. The second-order valence-electron chi connectivity index (χ2n) is 7.52. The average Bonchev–Trinajstić information content (AvgIpc) is 2.71. The van der Waals surface area contributed by atoms with Crippen LogP contribution in [0.2, 0.25) is 0 Å². The zero-order chi connectivity index (χ0) is 20.4. The summed E-state index contributed by atoms with van der Waals surface area (Å²) >= 11 is 0. The summed E-state index contributed by atoms with van der Waals surface area (Å²) < 4.78 is 5.18. The van der Waals surface area contributed by atoms with Gasteiger partial charge in [0.1, 0.15) is 0 Å². The normalized spacial score (nSPS) is 16.3. The summed E-state index contributed by atoms with van der Waals surface area (Å²) in [6, 6.07) is 10.9. The number of hydrogen-bond acceptors (Lipinski definition) is 4. The zero-order valence-electron chi connectivity index (χ0n) is 18.3. The molecule has 0 aliphatic carbocycles. The van der Waals surface area contributed by atoms with E-state index in [1.54, 1.807) is 0 Å². The molecule has 1 atom stereocenters. The molecule has 1 heterocycles. The Morgan fingerprint density at radius 2 is 1.90 bits per heavy atom. The Hall–Kier alpha value is -1.35. The molecule has 164 valence electrons. The molecule has 1 aromatic carbocycles. The number of guanidine groups is 1. The van der Waals surface area contributed by atoms with E-state index in [2.05, 4.69) is 66.5 Å². The van der Waals surface area contributed by atoms with Crippen molar-refractivity contribution in [3.63, 3.8) is 0 Å². The number of nitrogens with zero attached hydrogens (tertiary/aromatic N) is 3. The maximum atomic E-state index is 12.0. The molecule has 7 heteroatoms. The van der Waals surface area contributed by atoms with Crippen LogP contribution < -0.4 is 5.32 Å². The Morgan fingerprint density at radius 3 is 2.45 bits per heavy atom. The van der Waals surface area contributed by atoms with Crippen molar-refractivity contribution in [1.29, 1.82) is 0 Å². The highest BCUT2D eigenvalue weighted by Crippen LogP contribution is 2.19. The van der Waals surface area contributed by atoms with Crippen molar-refractivity contribution < 1.29 is 9.53 Å². The van der Waals surface area contributed by atoms with E-state index in [1.807, 2.05) is 6.92 Å². The van der Waals surface area contributed by atoms with Crippen molar-refractivity contribution in [2.24, 2.45) is 10.9 Å². The van der Waals surface area contributed by atoms with Gasteiger partial charge in [-0.15, -0.1) is 24.0 Å². The van der Waals surface area contributed by atoms with Crippen molar-refractivity contribution in [2.45, 2.75) is 39.2 Å². The summed E-state index contributed by atoms with van der Waals surface area (Å²) in [6.45, 7) is 7.65. The van der Waals surface area contributed by atoms with Crippen LogP contribution in [0.15, 0.2) is 35.3 Å². The standard InChI is InChI=1S/C22H36N4O2.HI/c1-5-23-22(26-14-12-19(13-15-26)21(27)28-6-2)24-17-20(25(3)4)16-18-10-8-7-9-11-18;/h7-11,19-20H,5-6,12-17H2,1-4H3,(H,23,24);1H. The molecule has 1 unspecified atom stereocenters. The van der Waals surface area contributed by atoms with Gasteiger partial charge in [-0.3, -0.25) is 9.79 Å². The fraction of sp³-hybridized carbons (Fsp3) is 0.636. The number of piperidine rings is 1. The molecule has 1 aromatic rings. The van der Waals surface area contributed by atoms with E-state index in [1.165, 1.54) is 5.56 Å². The summed E-state index contributed by atoms with van der Waals surface area (Å²) in [7, 11) is 4.22. The molecule has 0 bridgehead atoms. The molecule has 0 aromatic heterocycles. The molecule has 1 aliphatic rings. The van der Waals surface area contributed by atoms with E-state index in [4.69, 9.17) is 9.73 Å². The van der Waals surface area contributed by atoms with Crippen molar-refractivity contribution in [2.75, 3.05) is 46.9 Å². The van der Waals surface area contributed by atoms with Crippen LogP contribution in [0.3, 0.4) is 0 Å². The first-order valence-electron chi connectivity index (χ1n) is 10.4. The van der Waals surface area contributed by atoms with E-state index in [0.717, 1.165) is 51.4 Å². The van der Waals surface area contributed by atoms with Gasteiger partial charge >= 0.3 is 5.97 Å². The van der Waals surface area contributed by atoms with Gasteiger partial charge in [0.05, 0.1) is 19.1 Å². The van der Waals surface area contributed by atoms with E-state index in [-0.39, 0.29) is 35.9 Å². The van der Waals surface area contributed by atoms with Gasteiger partial charge in [0, 0.05) is 25.7 Å². The first-order chi connectivity index (χ1) is 13.5. The van der Waals surface area contributed by atoms with Crippen LogP contribution in [-0.4, -0.2) is 74.7 Å². The van der Waals surface area contributed by atoms with E-state index in [0.29, 0.717) is 12.6 Å². The van der Waals surface area contributed by atoms with Gasteiger partial charge in [0.15, 0.2) is 5.96 Å². The Balaban J connectivity index is 0.00000420. The minimum Gasteiger partial charge on any atom is -0.466 e. The fourth-order valence-corrected chi connectivity index (χ4v) is 3.50. The number of aliphatic imine (C=N–C) groups is 1. The zero-order valence-corrected chi connectivity index (χ0v) is 20.6. The third-order valence-electron chi connectivity index (χ3n) is 5.25. The molecule has 0 spiro atoms. The number of hydrogen-bond donors (Lipinski definition) is 1. The third kappa shape index (κ3) is 8.50. The van der Waals surface area contributed by atoms with Crippen LogP contribution in [0.5, 0.6) is 0 Å². The first-order valence-corrected chi connectivity index (χ1v) is 10.4. The monoisotopic (exact) mass is 516 g/mol. The number of halogens is 1. The number of ether oxygens (including phenoxy) is 1. The summed E-state index contributed by atoms with van der Waals surface area (Å²) in [5.41, 5.74) is 1.33. The molecule has 1 fully saturated rings. The van der Waals surface area contributed by atoms with Crippen molar-refractivity contribution >= 4 is 35.9 Å². The summed E-state index contributed by atoms with van der Waals surface area (Å²) in [5, 5.41) is 3.42. The number of rotatable bonds is 8. The predicted octanol–water partition coefficient (Wildman–Crippen LogP) is 3.02. The van der Waals surface area contributed by atoms with Crippen molar-refractivity contribution in [3.8, 4) is 0 Å². The Labute approximate surface area is 193 Å². The molecule has 29 heavy (non-hydrogen) atoms. The van der Waals surface area contributed by atoms with Gasteiger partial charge in [0.25, 0.3) is 0 Å². The molecular formula is C22H37IN4O2. The topological polar surface area (TPSA) is 57.2 Å². The highest BCUT2D eigenvalue weighted by Gasteiger charge is 2.27. The smallest absolute Gasteiger partial charge is 0.309 e. The number of esters is 1. The lowest BCUT2D eigenvalue weighted by molar-refractivity contribution is -0.149. The number of carbonyl (C=O) groups excluding carboxylic acids is 1. The van der Waals surface area contributed by atoms with Crippen LogP contribution in [0.1, 0.15) is 32.3 Å². The summed E-state index contributed by atoms with van der Waals surface area (Å²) in [6.07, 6.45) is 2.62. The van der Waals surface area contributed by atoms with E-state index < -0.39 is 0 Å². The number of benzene rings is 1. The lowest BCUT2D eigenvalue weighted by Crippen LogP contribution is -2.47. The molecule has 6 nitrogen and oxygen atoms in total. The van der Waals surface area contributed by atoms with Gasteiger partial charge in [0.2, 0.25) is 0 Å². The van der Waals surface area contributed by atoms with Crippen molar-refractivity contribution in [1.82, 2.24) is 15.1 Å². The van der Waals surface area contributed by atoms with Crippen LogP contribution in [0, 0.1) is 5.92 Å². The van der Waals surface area contributed by atoms with Crippen LogP contribution in [-0.2, 0) is 16.0 Å². The minimum atomic E-state index is -0.0559. The number of likely N-dealkylation sites (N-methyl/N-ethyl adjacent to an activating group) is 1. The first kappa shape index (κ1) is 25.7. The highest BCUT2D eigenvalue weighted by atomic mass is 127. The van der Waals surface area contributed by atoms with Gasteiger partial charge < -0.3 is 19.9 Å². The predicted molar refractivity (Wildman–Crippen MR) is 130 cm³/mol. The lowest BCUT2D eigenvalue weighted by Gasteiger charge is -2.33. The fourth-order valence-electron chi connectivity index (χ4n) is 3.50. The quantitative estimate of drug-likeness (QED) is 0.249. The summed E-state index contributed by atoms with van der Waals surface area (Å²) in [4.78, 5) is 21.4. The number of carbonyl (C=O) groups is 1. The number of nitrogens with one attached hydrogen (secondary N) is 1. The van der Waals surface area contributed by atoms with E-state index >= 15 is 0 Å². The maximum absolute atomic E-state index is 12.0. The number of likely N-dealkylation sites (tertiary alicyclic amines) is 1. The molecular weight excluding hydrogens is 479 g/mol. The van der Waals surface area contributed by atoms with Crippen LogP contribution >= 0.6 is 24.0 Å². The van der Waals surface area contributed by atoms with Gasteiger partial charge in [-0.2, -0.15) is 0 Å². The Morgan fingerprint density at radius 1 is 1.24 bits per heavy atom. The lowest BCUT2D eigenvalue weighted by atomic mass is 9.97. The molecule has 1 aliphatic heterocycles. The van der Waals surface area contributed by atoms with Crippen LogP contribution in [0.25, 0.3) is 0 Å². The molecule has 1 saturated heterocycles. The largest absolute Gasteiger partial charge is 0.466 e. The van der Waals surface area contributed by atoms with Crippen molar-refractivity contribution in [3.05, 3.63) is 35.9 Å². The molecule has 1 N–H and O–H groups in total. The molecule has 0 radical (unpaired) electrons. The van der Waals surface area contributed by atoms with Crippen LogP contribution in [0.4, 0.5) is 0 Å². The molecule has 0 saturated carbocycles. The summed E-state index contributed by atoms with van der Waals surface area (Å²) in [5.74, 6) is 0.913. The highest BCUT2D eigenvalue weighted by molar-refractivity contribution is 14.0. The Kier molecular flexibility index (Phi) is 12.2. The SMILES string of the molecule is CCNC(=NCC(Cc1ccccc1)N(C)C)N1CCC(C(=O)OCC)CC1.I. The molecule has 2 rings (SSSR count). The third-order valence-corrected chi connectivity index (χ3v) is 5.25. The van der Waals surface area contributed by atoms with E-state index in [9.17, 15) is 4.79 Å². The average molecular weight is 516 g/mol. The second kappa shape index (κ2) is 13.8. The second-order valence-corrected chi connectivity index (χ2v) is 7.52. The van der Waals surface area contributed by atoms with Gasteiger partial charge in [-0.1, -0.05) is 30.3 Å². The minimum absolute atomic E-state index is 0. The Bertz CT molecular complexity index is 616.